The molecular formula is C14H23NO2. The molecule has 0 spiro atoms. The Hall–Kier alpha value is -1.22. The van der Waals surface area contributed by atoms with E-state index in [4.69, 9.17) is 15.2 Å². The van der Waals surface area contributed by atoms with Gasteiger partial charge >= 0.3 is 0 Å². The van der Waals surface area contributed by atoms with Gasteiger partial charge in [-0.3, -0.25) is 0 Å². The molecule has 0 bridgehead atoms. The van der Waals surface area contributed by atoms with Crippen LogP contribution >= 0.6 is 0 Å². The quantitative estimate of drug-likeness (QED) is 0.793. The second kappa shape index (κ2) is 7.17. The lowest BCUT2D eigenvalue weighted by Gasteiger charge is -2.18. The third-order valence-electron chi connectivity index (χ3n) is 3.10. The molecule has 0 saturated carbocycles. The first-order chi connectivity index (χ1) is 8.19. The van der Waals surface area contributed by atoms with Crippen molar-refractivity contribution in [2.24, 2.45) is 11.7 Å². The number of hydrogen-bond donors (Lipinski definition) is 1. The highest BCUT2D eigenvalue weighted by molar-refractivity contribution is 5.39. The van der Waals surface area contributed by atoms with Crippen molar-refractivity contribution >= 4 is 0 Å². The van der Waals surface area contributed by atoms with Crippen molar-refractivity contribution in [2.75, 3.05) is 13.7 Å². The molecule has 96 valence electrons. The summed E-state index contributed by atoms with van der Waals surface area (Å²) in [5, 5.41) is 0. The summed E-state index contributed by atoms with van der Waals surface area (Å²) in [6.07, 6.45) is 1.98. The van der Waals surface area contributed by atoms with Gasteiger partial charge in [-0.1, -0.05) is 26.0 Å². The van der Waals surface area contributed by atoms with Crippen LogP contribution in [0.4, 0.5) is 0 Å². The highest BCUT2D eigenvalue weighted by Gasteiger charge is 2.11. The number of hydrogen-bond acceptors (Lipinski definition) is 3. The van der Waals surface area contributed by atoms with Crippen molar-refractivity contribution in [3.63, 3.8) is 0 Å². The first kappa shape index (κ1) is 13.8. The van der Waals surface area contributed by atoms with Gasteiger partial charge in [-0.15, -0.1) is 0 Å². The lowest BCUT2D eigenvalue weighted by atomic mass is 9.98. The summed E-state index contributed by atoms with van der Waals surface area (Å²) < 4.78 is 10.9. The standard InChI is InChI=1S/C14H23NO2/c1-4-12(15)11(2)9-10-17-14-8-6-5-7-13(14)16-3/h5-8,11-12H,4,9-10,15H2,1-3H3. The van der Waals surface area contributed by atoms with Crippen LogP contribution < -0.4 is 15.2 Å². The second-order valence-electron chi connectivity index (χ2n) is 4.34. The van der Waals surface area contributed by atoms with Gasteiger partial charge in [0.05, 0.1) is 13.7 Å². The zero-order chi connectivity index (χ0) is 12.7. The highest BCUT2D eigenvalue weighted by atomic mass is 16.5. The largest absolute Gasteiger partial charge is 0.493 e. The maximum absolute atomic E-state index is 5.97. The number of nitrogens with two attached hydrogens (primary N) is 1. The number of benzene rings is 1. The molecular weight excluding hydrogens is 214 g/mol. The molecule has 0 fully saturated rings. The molecule has 0 radical (unpaired) electrons. The molecule has 1 rings (SSSR count). The van der Waals surface area contributed by atoms with Gasteiger partial charge < -0.3 is 15.2 Å². The molecule has 2 N–H and O–H groups in total. The van der Waals surface area contributed by atoms with Crippen LogP contribution in [0.3, 0.4) is 0 Å². The molecule has 0 amide bonds. The van der Waals surface area contributed by atoms with Crippen LogP contribution in [-0.4, -0.2) is 19.8 Å². The van der Waals surface area contributed by atoms with Gasteiger partial charge in [-0.2, -0.15) is 0 Å². The first-order valence-corrected chi connectivity index (χ1v) is 6.20. The third-order valence-corrected chi connectivity index (χ3v) is 3.10. The van der Waals surface area contributed by atoms with Gasteiger partial charge in [0.2, 0.25) is 0 Å². The van der Waals surface area contributed by atoms with E-state index in [2.05, 4.69) is 13.8 Å². The van der Waals surface area contributed by atoms with Crippen molar-refractivity contribution in [1.29, 1.82) is 0 Å². The lowest BCUT2D eigenvalue weighted by Crippen LogP contribution is -2.28. The summed E-state index contributed by atoms with van der Waals surface area (Å²) >= 11 is 0. The summed E-state index contributed by atoms with van der Waals surface area (Å²) in [6, 6.07) is 7.96. The van der Waals surface area contributed by atoms with Crippen molar-refractivity contribution in [1.82, 2.24) is 0 Å². The predicted molar refractivity (Wildman–Crippen MR) is 70.5 cm³/mol. The summed E-state index contributed by atoms with van der Waals surface area (Å²) in [6.45, 7) is 4.96. The fourth-order valence-electron chi connectivity index (χ4n) is 1.71. The minimum Gasteiger partial charge on any atom is -0.493 e. The molecule has 0 aliphatic rings. The van der Waals surface area contributed by atoms with E-state index in [1.807, 2.05) is 24.3 Å². The maximum Gasteiger partial charge on any atom is 0.161 e. The molecule has 1 aromatic carbocycles. The average molecular weight is 237 g/mol. The summed E-state index contributed by atoms with van der Waals surface area (Å²) in [5.74, 6) is 2.06. The Morgan fingerprint density at radius 2 is 1.88 bits per heavy atom. The van der Waals surface area contributed by atoms with E-state index in [-0.39, 0.29) is 6.04 Å². The zero-order valence-corrected chi connectivity index (χ0v) is 11.0. The normalized spacial score (nSPS) is 14.1. The fraction of sp³-hybridized carbons (Fsp3) is 0.571. The van der Waals surface area contributed by atoms with Crippen LogP contribution in [-0.2, 0) is 0 Å². The minimum atomic E-state index is 0.260. The Kier molecular flexibility index (Phi) is 5.84. The third kappa shape index (κ3) is 4.27. The van der Waals surface area contributed by atoms with Crippen LogP contribution in [0.5, 0.6) is 11.5 Å². The van der Waals surface area contributed by atoms with Crippen LogP contribution in [0.1, 0.15) is 26.7 Å². The lowest BCUT2D eigenvalue weighted by molar-refractivity contribution is 0.256. The minimum absolute atomic E-state index is 0.260. The molecule has 3 nitrogen and oxygen atoms in total. The molecule has 2 unspecified atom stereocenters. The van der Waals surface area contributed by atoms with E-state index in [1.165, 1.54) is 0 Å². The van der Waals surface area contributed by atoms with Crippen molar-refractivity contribution in [3.05, 3.63) is 24.3 Å². The Morgan fingerprint density at radius 3 is 2.47 bits per heavy atom. The van der Waals surface area contributed by atoms with E-state index in [0.29, 0.717) is 12.5 Å². The fourth-order valence-corrected chi connectivity index (χ4v) is 1.71. The topological polar surface area (TPSA) is 44.5 Å². The number of rotatable bonds is 7. The van der Waals surface area contributed by atoms with E-state index >= 15 is 0 Å². The number of methoxy groups -OCH3 is 1. The van der Waals surface area contributed by atoms with Crippen LogP contribution in [0, 0.1) is 5.92 Å². The Labute approximate surface area is 104 Å². The van der Waals surface area contributed by atoms with Gasteiger partial charge in [-0.05, 0) is 30.9 Å². The second-order valence-corrected chi connectivity index (χ2v) is 4.34. The van der Waals surface area contributed by atoms with Gasteiger partial charge in [0.1, 0.15) is 0 Å². The average Bonchev–Trinajstić information content (AvgIpc) is 2.38. The van der Waals surface area contributed by atoms with E-state index in [9.17, 15) is 0 Å². The molecule has 0 aromatic heterocycles. The molecule has 1 aromatic rings. The van der Waals surface area contributed by atoms with E-state index < -0.39 is 0 Å². The summed E-state index contributed by atoms with van der Waals surface area (Å²) in [5.41, 5.74) is 5.97. The van der Waals surface area contributed by atoms with Crippen LogP contribution in [0.25, 0.3) is 0 Å². The number of para-hydroxylation sites is 2. The SMILES string of the molecule is CCC(N)C(C)CCOc1ccccc1OC. The molecule has 0 aliphatic heterocycles. The molecule has 17 heavy (non-hydrogen) atoms. The van der Waals surface area contributed by atoms with E-state index in [0.717, 1.165) is 24.3 Å². The summed E-state index contributed by atoms with van der Waals surface area (Å²) in [7, 11) is 1.65. The van der Waals surface area contributed by atoms with Gasteiger partial charge in [0, 0.05) is 6.04 Å². The molecule has 0 aliphatic carbocycles. The van der Waals surface area contributed by atoms with Crippen molar-refractivity contribution in [3.8, 4) is 11.5 Å². The molecule has 0 saturated heterocycles. The number of ether oxygens (including phenoxy) is 2. The van der Waals surface area contributed by atoms with Crippen molar-refractivity contribution < 1.29 is 9.47 Å². The van der Waals surface area contributed by atoms with Crippen molar-refractivity contribution in [2.45, 2.75) is 32.7 Å². The highest BCUT2D eigenvalue weighted by Crippen LogP contribution is 2.26. The van der Waals surface area contributed by atoms with Gasteiger partial charge in [0.15, 0.2) is 11.5 Å². The molecule has 3 heteroatoms. The maximum atomic E-state index is 5.97. The van der Waals surface area contributed by atoms with Crippen LogP contribution in [0.15, 0.2) is 24.3 Å². The molecule has 0 heterocycles. The zero-order valence-electron chi connectivity index (χ0n) is 11.0. The Bertz CT molecular complexity index is 328. The van der Waals surface area contributed by atoms with Gasteiger partial charge in [-0.25, -0.2) is 0 Å². The predicted octanol–water partition coefficient (Wildman–Crippen LogP) is 2.84. The van der Waals surface area contributed by atoms with E-state index in [1.54, 1.807) is 7.11 Å². The Morgan fingerprint density at radius 1 is 1.24 bits per heavy atom. The first-order valence-electron chi connectivity index (χ1n) is 6.20. The summed E-state index contributed by atoms with van der Waals surface area (Å²) in [4.78, 5) is 0. The smallest absolute Gasteiger partial charge is 0.161 e. The van der Waals surface area contributed by atoms with Crippen LogP contribution in [0.2, 0.25) is 0 Å². The molecule has 2 atom stereocenters. The van der Waals surface area contributed by atoms with Gasteiger partial charge in [0.25, 0.3) is 0 Å². The Balaban J connectivity index is 2.40. The monoisotopic (exact) mass is 237 g/mol.